The van der Waals surface area contributed by atoms with E-state index in [9.17, 15) is 9.59 Å². The standard InChI is InChI=1S/C11H16N2O3S/c1-7(2)13(3)11(16)12-9(10(14)15)8-5-4-6-17-8/h4-7,9H,1-3H3,(H,12,16)(H,14,15). The van der Waals surface area contributed by atoms with E-state index in [1.54, 1.807) is 24.6 Å². The van der Waals surface area contributed by atoms with Gasteiger partial charge in [-0.25, -0.2) is 9.59 Å². The van der Waals surface area contributed by atoms with Crippen LogP contribution in [-0.4, -0.2) is 35.1 Å². The summed E-state index contributed by atoms with van der Waals surface area (Å²) in [6, 6.07) is 2.10. The molecule has 0 bridgehead atoms. The second kappa shape index (κ2) is 5.67. The van der Waals surface area contributed by atoms with Gasteiger partial charge in [0.15, 0.2) is 6.04 Å². The number of rotatable bonds is 4. The summed E-state index contributed by atoms with van der Waals surface area (Å²) in [7, 11) is 1.63. The fourth-order valence-corrected chi connectivity index (χ4v) is 1.94. The van der Waals surface area contributed by atoms with Crippen molar-refractivity contribution in [1.82, 2.24) is 10.2 Å². The summed E-state index contributed by atoms with van der Waals surface area (Å²) < 4.78 is 0. The predicted octanol–water partition coefficient (Wildman–Crippen LogP) is 1.92. The lowest BCUT2D eigenvalue weighted by Crippen LogP contribution is -2.44. The van der Waals surface area contributed by atoms with E-state index >= 15 is 0 Å². The first-order valence-corrected chi connectivity index (χ1v) is 6.11. The summed E-state index contributed by atoms with van der Waals surface area (Å²) in [5, 5.41) is 13.4. The van der Waals surface area contributed by atoms with Crippen molar-refractivity contribution in [2.24, 2.45) is 0 Å². The van der Waals surface area contributed by atoms with Crippen LogP contribution >= 0.6 is 11.3 Å². The number of carbonyl (C=O) groups is 2. The first-order valence-electron chi connectivity index (χ1n) is 5.23. The first kappa shape index (κ1) is 13.5. The number of amides is 2. The highest BCUT2D eigenvalue weighted by Crippen LogP contribution is 2.19. The van der Waals surface area contributed by atoms with Crippen molar-refractivity contribution in [3.8, 4) is 0 Å². The minimum absolute atomic E-state index is 0.0211. The summed E-state index contributed by atoms with van der Waals surface area (Å²) >= 11 is 1.31. The van der Waals surface area contributed by atoms with Gasteiger partial charge in [-0.15, -0.1) is 11.3 Å². The first-order chi connectivity index (χ1) is 7.93. The molecule has 1 aromatic heterocycles. The molecule has 1 aromatic rings. The van der Waals surface area contributed by atoms with Gasteiger partial charge in [-0.05, 0) is 25.3 Å². The molecule has 0 aromatic carbocycles. The summed E-state index contributed by atoms with van der Waals surface area (Å²) in [5.41, 5.74) is 0. The number of nitrogens with zero attached hydrogens (tertiary/aromatic N) is 1. The Kier molecular flexibility index (Phi) is 4.51. The lowest BCUT2D eigenvalue weighted by molar-refractivity contribution is -0.139. The molecule has 5 nitrogen and oxygen atoms in total. The van der Waals surface area contributed by atoms with Crippen molar-refractivity contribution in [3.05, 3.63) is 22.4 Å². The summed E-state index contributed by atoms with van der Waals surface area (Å²) in [6.45, 7) is 3.72. The number of carbonyl (C=O) groups excluding carboxylic acids is 1. The van der Waals surface area contributed by atoms with Gasteiger partial charge in [-0.1, -0.05) is 6.07 Å². The molecule has 1 rings (SSSR count). The van der Waals surface area contributed by atoms with E-state index < -0.39 is 12.0 Å². The minimum atomic E-state index is -1.06. The van der Waals surface area contributed by atoms with Crippen molar-refractivity contribution >= 4 is 23.3 Å². The van der Waals surface area contributed by atoms with Crippen LogP contribution in [-0.2, 0) is 4.79 Å². The molecular formula is C11H16N2O3S. The second-order valence-corrected chi connectivity index (χ2v) is 4.92. The quantitative estimate of drug-likeness (QED) is 0.864. The molecule has 0 spiro atoms. The Morgan fingerprint density at radius 3 is 2.53 bits per heavy atom. The molecule has 0 saturated carbocycles. The Bertz CT molecular complexity index is 389. The third-order valence-corrected chi connectivity index (χ3v) is 3.37. The molecule has 1 atom stereocenters. The largest absolute Gasteiger partial charge is 0.479 e. The SMILES string of the molecule is CC(C)N(C)C(=O)NC(C(=O)O)c1cccs1. The molecule has 94 valence electrons. The third kappa shape index (κ3) is 3.45. The van der Waals surface area contributed by atoms with E-state index in [1.165, 1.54) is 16.2 Å². The monoisotopic (exact) mass is 256 g/mol. The molecule has 2 N–H and O–H groups in total. The Hall–Kier alpha value is -1.56. The van der Waals surface area contributed by atoms with Crippen molar-refractivity contribution in [1.29, 1.82) is 0 Å². The average molecular weight is 256 g/mol. The van der Waals surface area contributed by atoms with E-state index in [0.717, 1.165) is 0 Å². The number of hydrogen-bond acceptors (Lipinski definition) is 3. The smallest absolute Gasteiger partial charge is 0.331 e. The molecule has 2 amide bonds. The van der Waals surface area contributed by atoms with Gasteiger partial charge in [-0.2, -0.15) is 0 Å². The van der Waals surface area contributed by atoms with Gasteiger partial charge in [0.25, 0.3) is 0 Å². The molecule has 0 aliphatic heterocycles. The van der Waals surface area contributed by atoms with Crippen LogP contribution in [0.15, 0.2) is 17.5 Å². The highest BCUT2D eigenvalue weighted by molar-refractivity contribution is 7.10. The molecule has 0 aliphatic rings. The van der Waals surface area contributed by atoms with Crippen LogP contribution in [0.1, 0.15) is 24.8 Å². The van der Waals surface area contributed by atoms with E-state index in [4.69, 9.17) is 5.11 Å². The normalized spacial score (nSPS) is 12.2. The fraction of sp³-hybridized carbons (Fsp3) is 0.455. The molecule has 0 fully saturated rings. The maximum Gasteiger partial charge on any atom is 0.331 e. The molecule has 0 aliphatic carbocycles. The van der Waals surface area contributed by atoms with Crippen LogP contribution in [0, 0.1) is 0 Å². The van der Waals surface area contributed by atoms with Crippen LogP contribution in [0.3, 0.4) is 0 Å². The number of hydrogen-bond donors (Lipinski definition) is 2. The Labute approximate surface area is 104 Å². The van der Waals surface area contributed by atoms with Crippen molar-refractivity contribution in [2.75, 3.05) is 7.05 Å². The molecule has 0 saturated heterocycles. The second-order valence-electron chi connectivity index (χ2n) is 3.94. The number of urea groups is 1. The molecule has 6 heteroatoms. The van der Waals surface area contributed by atoms with Crippen LogP contribution < -0.4 is 5.32 Å². The maximum absolute atomic E-state index is 11.8. The Morgan fingerprint density at radius 1 is 1.47 bits per heavy atom. The number of carboxylic acids is 1. The van der Waals surface area contributed by atoms with E-state index in [0.29, 0.717) is 4.88 Å². The van der Waals surface area contributed by atoms with E-state index in [1.807, 2.05) is 13.8 Å². The number of nitrogens with one attached hydrogen (secondary N) is 1. The van der Waals surface area contributed by atoms with Crippen LogP contribution in [0.4, 0.5) is 4.79 Å². The zero-order valence-corrected chi connectivity index (χ0v) is 10.8. The van der Waals surface area contributed by atoms with Crippen LogP contribution in [0.5, 0.6) is 0 Å². The zero-order chi connectivity index (χ0) is 13.0. The topological polar surface area (TPSA) is 69.6 Å². The fourth-order valence-electron chi connectivity index (χ4n) is 1.17. The Morgan fingerprint density at radius 2 is 2.12 bits per heavy atom. The van der Waals surface area contributed by atoms with E-state index in [-0.39, 0.29) is 12.1 Å². The van der Waals surface area contributed by atoms with E-state index in [2.05, 4.69) is 5.32 Å². The van der Waals surface area contributed by atoms with Crippen molar-refractivity contribution < 1.29 is 14.7 Å². The van der Waals surface area contributed by atoms with Crippen LogP contribution in [0.2, 0.25) is 0 Å². The highest BCUT2D eigenvalue weighted by Gasteiger charge is 2.24. The van der Waals surface area contributed by atoms with Gasteiger partial charge in [0.05, 0.1) is 0 Å². The predicted molar refractivity (Wildman–Crippen MR) is 66.1 cm³/mol. The van der Waals surface area contributed by atoms with Gasteiger partial charge in [0.1, 0.15) is 0 Å². The molecule has 0 radical (unpaired) electrons. The minimum Gasteiger partial charge on any atom is -0.479 e. The van der Waals surface area contributed by atoms with Gasteiger partial charge in [0.2, 0.25) is 0 Å². The lowest BCUT2D eigenvalue weighted by Gasteiger charge is -2.24. The molecule has 1 unspecified atom stereocenters. The molecule has 17 heavy (non-hydrogen) atoms. The van der Waals surface area contributed by atoms with Gasteiger partial charge in [0, 0.05) is 18.0 Å². The lowest BCUT2D eigenvalue weighted by atomic mass is 10.2. The van der Waals surface area contributed by atoms with Crippen molar-refractivity contribution in [3.63, 3.8) is 0 Å². The molecule has 1 heterocycles. The third-order valence-electron chi connectivity index (χ3n) is 2.44. The number of carboxylic acid groups (broad SMARTS) is 1. The van der Waals surface area contributed by atoms with Crippen molar-refractivity contribution in [2.45, 2.75) is 25.9 Å². The molecular weight excluding hydrogens is 240 g/mol. The van der Waals surface area contributed by atoms with Gasteiger partial charge < -0.3 is 15.3 Å². The summed E-state index contributed by atoms with van der Waals surface area (Å²) in [4.78, 5) is 24.9. The Balaban J connectivity index is 2.76. The van der Waals surface area contributed by atoms with Crippen LogP contribution in [0.25, 0.3) is 0 Å². The summed E-state index contributed by atoms with van der Waals surface area (Å²) in [6.07, 6.45) is 0. The zero-order valence-electron chi connectivity index (χ0n) is 10.0. The van der Waals surface area contributed by atoms with Gasteiger partial charge in [-0.3, -0.25) is 0 Å². The summed E-state index contributed by atoms with van der Waals surface area (Å²) in [5.74, 6) is -1.06. The number of aliphatic carboxylic acids is 1. The highest BCUT2D eigenvalue weighted by atomic mass is 32.1. The maximum atomic E-state index is 11.8. The average Bonchev–Trinajstić information content (AvgIpc) is 2.76. The van der Waals surface area contributed by atoms with Gasteiger partial charge >= 0.3 is 12.0 Å². The number of thiophene rings is 1.